The van der Waals surface area contributed by atoms with Crippen LogP contribution in [0.4, 0.5) is 5.69 Å². The molecule has 1 aliphatic rings. The normalized spacial score (nSPS) is 17.0. The number of benzene rings is 1. The number of carbonyl (C=O) groups is 1. The Labute approximate surface area is 160 Å². The van der Waals surface area contributed by atoms with E-state index in [1.165, 1.54) is 11.3 Å². The van der Waals surface area contributed by atoms with Crippen molar-refractivity contribution >= 4 is 23.2 Å². The summed E-state index contributed by atoms with van der Waals surface area (Å²) in [6, 6.07) is 6.02. The van der Waals surface area contributed by atoms with E-state index < -0.39 is 0 Å². The van der Waals surface area contributed by atoms with Gasteiger partial charge in [0.15, 0.2) is 0 Å². The molecule has 1 unspecified atom stereocenters. The van der Waals surface area contributed by atoms with E-state index in [1.54, 1.807) is 0 Å². The molecular formula is C20H27ClN4O. The van der Waals surface area contributed by atoms with E-state index in [9.17, 15) is 4.79 Å². The summed E-state index contributed by atoms with van der Waals surface area (Å²) in [5, 5.41) is 8.25. The zero-order valence-electron chi connectivity index (χ0n) is 16.0. The molecule has 1 fully saturated rings. The minimum Gasteiger partial charge on any atom is -0.371 e. The molecule has 2 heterocycles. The Morgan fingerprint density at radius 2 is 2.12 bits per heavy atom. The molecule has 0 spiro atoms. The Bertz CT molecular complexity index is 814. The van der Waals surface area contributed by atoms with Gasteiger partial charge in [0.05, 0.1) is 12.1 Å². The summed E-state index contributed by atoms with van der Waals surface area (Å²) in [5.74, 6) is 0.537. The molecule has 3 rings (SSSR count). The number of carbonyl (C=O) groups excluding carboxylic acids is 1. The van der Waals surface area contributed by atoms with Crippen LogP contribution in [0.5, 0.6) is 0 Å². The van der Waals surface area contributed by atoms with E-state index >= 15 is 0 Å². The molecule has 0 aliphatic carbocycles. The Hall–Kier alpha value is -2.01. The van der Waals surface area contributed by atoms with Gasteiger partial charge in [0.1, 0.15) is 0 Å². The molecule has 0 saturated carbocycles. The summed E-state index contributed by atoms with van der Waals surface area (Å²) in [4.78, 5) is 14.7. The zero-order chi connectivity index (χ0) is 18.8. The third-order valence-corrected chi connectivity index (χ3v) is 5.62. The average molecular weight is 375 g/mol. The third kappa shape index (κ3) is 4.04. The number of nitrogens with zero attached hydrogens (tertiary/aromatic N) is 3. The molecule has 140 valence electrons. The van der Waals surface area contributed by atoms with Gasteiger partial charge in [-0.1, -0.05) is 17.7 Å². The zero-order valence-corrected chi connectivity index (χ0v) is 16.7. The van der Waals surface area contributed by atoms with Crippen LogP contribution in [0.25, 0.3) is 0 Å². The molecule has 0 bridgehead atoms. The topological polar surface area (TPSA) is 50.2 Å². The van der Waals surface area contributed by atoms with Crippen molar-refractivity contribution in [3.05, 3.63) is 45.7 Å². The molecule has 1 amide bonds. The lowest BCUT2D eigenvalue weighted by atomic mass is 10.1. The van der Waals surface area contributed by atoms with Gasteiger partial charge in [0.2, 0.25) is 5.91 Å². The lowest BCUT2D eigenvalue weighted by Gasteiger charge is -2.21. The minimum atomic E-state index is 0.0709. The van der Waals surface area contributed by atoms with Gasteiger partial charge >= 0.3 is 0 Å². The second-order valence-corrected chi connectivity index (χ2v) is 7.72. The first-order chi connectivity index (χ1) is 12.3. The highest BCUT2D eigenvalue weighted by atomic mass is 35.5. The van der Waals surface area contributed by atoms with Gasteiger partial charge in [-0.25, -0.2) is 0 Å². The minimum absolute atomic E-state index is 0.0709. The van der Waals surface area contributed by atoms with E-state index in [2.05, 4.69) is 28.3 Å². The summed E-state index contributed by atoms with van der Waals surface area (Å²) in [5.41, 5.74) is 5.46. The van der Waals surface area contributed by atoms with Crippen molar-refractivity contribution in [3.8, 4) is 0 Å². The monoisotopic (exact) mass is 374 g/mol. The fourth-order valence-corrected chi connectivity index (χ4v) is 3.86. The molecular weight excluding hydrogens is 348 g/mol. The lowest BCUT2D eigenvalue weighted by molar-refractivity contribution is -0.120. The summed E-state index contributed by atoms with van der Waals surface area (Å²) < 4.78 is 1.83. The second kappa shape index (κ2) is 7.70. The predicted octanol–water partition coefficient (Wildman–Crippen LogP) is 3.18. The van der Waals surface area contributed by atoms with Crippen molar-refractivity contribution in [1.82, 2.24) is 15.1 Å². The first kappa shape index (κ1) is 18.8. The first-order valence-corrected chi connectivity index (χ1v) is 9.49. The largest absolute Gasteiger partial charge is 0.371 e. The number of rotatable bonds is 5. The average Bonchev–Trinajstić information content (AvgIpc) is 3.16. The molecule has 6 heteroatoms. The van der Waals surface area contributed by atoms with Crippen LogP contribution in [0.3, 0.4) is 0 Å². The molecule has 26 heavy (non-hydrogen) atoms. The van der Waals surface area contributed by atoms with Gasteiger partial charge in [-0.3, -0.25) is 9.48 Å². The Kier molecular flexibility index (Phi) is 5.56. The highest BCUT2D eigenvalue weighted by Gasteiger charge is 2.24. The molecule has 1 aromatic carbocycles. The van der Waals surface area contributed by atoms with Gasteiger partial charge in [-0.15, -0.1) is 0 Å². The summed E-state index contributed by atoms with van der Waals surface area (Å²) in [6.45, 7) is 8.74. The molecule has 1 aliphatic heterocycles. The summed E-state index contributed by atoms with van der Waals surface area (Å²) >= 11 is 6.15. The van der Waals surface area contributed by atoms with Crippen molar-refractivity contribution in [2.45, 2.75) is 33.6 Å². The Morgan fingerprint density at radius 1 is 1.35 bits per heavy atom. The number of amides is 1. The highest BCUT2D eigenvalue weighted by Crippen LogP contribution is 2.29. The van der Waals surface area contributed by atoms with E-state index in [0.717, 1.165) is 41.5 Å². The molecule has 5 nitrogen and oxygen atoms in total. The van der Waals surface area contributed by atoms with E-state index in [-0.39, 0.29) is 5.91 Å². The van der Waals surface area contributed by atoms with Crippen molar-refractivity contribution in [2.24, 2.45) is 13.0 Å². The Morgan fingerprint density at radius 3 is 2.81 bits per heavy atom. The number of hydrogen-bond acceptors (Lipinski definition) is 3. The van der Waals surface area contributed by atoms with Crippen LogP contribution >= 0.6 is 11.6 Å². The fraction of sp³-hybridized carbons (Fsp3) is 0.500. The predicted molar refractivity (Wildman–Crippen MR) is 106 cm³/mol. The smallest absolute Gasteiger partial charge is 0.224 e. The maximum atomic E-state index is 12.4. The van der Waals surface area contributed by atoms with Crippen molar-refractivity contribution in [3.63, 3.8) is 0 Å². The van der Waals surface area contributed by atoms with E-state index in [0.29, 0.717) is 18.9 Å². The van der Waals surface area contributed by atoms with Gasteiger partial charge in [-0.2, -0.15) is 5.10 Å². The number of halogens is 1. The first-order valence-electron chi connectivity index (χ1n) is 9.12. The Balaban J connectivity index is 1.53. The van der Waals surface area contributed by atoms with Crippen molar-refractivity contribution in [1.29, 1.82) is 0 Å². The van der Waals surface area contributed by atoms with Gasteiger partial charge in [-0.05, 0) is 50.8 Å². The second-order valence-electron chi connectivity index (χ2n) is 7.29. The lowest BCUT2D eigenvalue weighted by Crippen LogP contribution is -2.32. The van der Waals surface area contributed by atoms with Gasteiger partial charge in [0.25, 0.3) is 0 Å². The molecule has 2 aromatic rings. The van der Waals surface area contributed by atoms with Crippen LogP contribution in [0.15, 0.2) is 18.2 Å². The number of anilines is 1. The molecule has 1 aromatic heterocycles. The molecule has 0 radical (unpaired) electrons. The maximum Gasteiger partial charge on any atom is 0.224 e. The number of aryl methyl sites for hydroxylation is 3. The third-order valence-electron chi connectivity index (χ3n) is 5.38. The van der Waals surface area contributed by atoms with Crippen molar-refractivity contribution < 1.29 is 4.79 Å². The number of hydrogen-bond donors (Lipinski definition) is 1. The molecule has 1 saturated heterocycles. The standard InChI is InChI=1S/C20H27ClN4O/c1-13-5-6-17(21)9-19(13)25-8-7-16(12-25)11-22-20(26)10-18-14(2)23-24(4)15(18)3/h5-6,9,16H,7-8,10-12H2,1-4H3,(H,22,26). The SMILES string of the molecule is Cc1ccc(Cl)cc1N1CCC(CNC(=O)Cc2c(C)nn(C)c2C)C1. The van der Waals surface area contributed by atoms with Crippen LogP contribution in [0.1, 0.15) is 28.9 Å². The van der Waals surface area contributed by atoms with E-state index in [4.69, 9.17) is 11.6 Å². The van der Waals surface area contributed by atoms with Crippen LogP contribution in [-0.2, 0) is 18.3 Å². The van der Waals surface area contributed by atoms with Crippen LogP contribution in [-0.4, -0.2) is 35.3 Å². The van der Waals surface area contributed by atoms with Crippen LogP contribution in [0, 0.1) is 26.7 Å². The maximum absolute atomic E-state index is 12.4. The van der Waals surface area contributed by atoms with Gasteiger partial charge < -0.3 is 10.2 Å². The number of nitrogens with one attached hydrogen (secondary N) is 1. The number of aromatic nitrogens is 2. The van der Waals surface area contributed by atoms with Crippen molar-refractivity contribution in [2.75, 3.05) is 24.5 Å². The fourth-order valence-electron chi connectivity index (χ4n) is 3.70. The van der Waals surface area contributed by atoms with Gasteiger partial charge in [0, 0.05) is 48.6 Å². The summed E-state index contributed by atoms with van der Waals surface area (Å²) in [7, 11) is 1.91. The van der Waals surface area contributed by atoms with E-state index in [1.807, 2.05) is 37.7 Å². The molecule has 1 N–H and O–H groups in total. The van der Waals surface area contributed by atoms with Crippen LogP contribution in [0.2, 0.25) is 5.02 Å². The summed E-state index contributed by atoms with van der Waals surface area (Å²) in [6.07, 6.45) is 1.48. The highest BCUT2D eigenvalue weighted by molar-refractivity contribution is 6.30. The molecule has 1 atom stereocenters. The quantitative estimate of drug-likeness (QED) is 0.874. The van der Waals surface area contributed by atoms with Crippen LogP contribution < -0.4 is 10.2 Å².